The van der Waals surface area contributed by atoms with Crippen molar-refractivity contribution in [2.75, 3.05) is 75.2 Å². The van der Waals surface area contributed by atoms with Crippen LogP contribution in [0.4, 0.5) is 0 Å². The lowest BCUT2D eigenvalue weighted by Gasteiger charge is -2.31. The lowest BCUT2D eigenvalue weighted by atomic mass is 10.0. The maximum atomic E-state index is 12.9. The molecule has 0 aliphatic heterocycles. The Bertz CT molecular complexity index is 1090. The number of hydrogen-bond acceptors (Lipinski definition) is 10. The Morgan fingerprint density at radius 2 is 0.871 bits per heavy atom. The van der Waals surface area contributed by atoms with Crippen LogP contribution in [0.1, 0.15) is 194 Å². The molecule has 0 amide bonds. The molecule has 370 valence electrons. The van der Waals surface area contributed by atoms with Crippen LogP contribution in [0.25, 0.3) is 0 Å². The standard InChI is InChI=1S/C39H73O8P.2C5H14NO/c1-3-5-7-9-11-13-15-17-19-21-23-25-27-29-31-33-36(40)39(37(41)35-46-48(43,44)45)47-38(42)34-32-30-28-26-24-22-20-18-16-14-12-10-8-6-4-2;2*1-6(2,3)4-5-7/h17-20,37,39,41H,3-16,21-35H2,1-2H3,(H2,43,44,45);2*7H,4-5H2,1-3H3/q;2*+1/p-2/b19-17-,20-18-;;. The maximum absolute atomic E-state index is 12.9. The first-order chi connectivity index (χ1) is 29.3. The molecule has 0 rings (SSSR count). The zero-order chi connectivity index (χ0) is 47.4. The summed E-state index contributed by atoms with van der Waals surface area (Å²) in [7, 11) is 6.97. The van der Waals surface area contributed by atoms with E-state index >= 15 is 0 Å². The number of Topliss-reactive ketones (excluding diaryl/α,β-unsaturated/α-hetero) is 1. The fourth-order valence-corrected chi connectivity index (χ4v) is 6.60. The molecule has 62 heavy (non-hydrogen) atoms. The Balaban J connectivity index is -0.00000211. The highest BCUT2D eigenvalue weighted by Gasteiger charge is 2.30. The van der Waals surface area contributed by atoms with Crippen LogP contribution in [0.2, 0.25) is 0 Å². The first-order valence-corrected chi connectivity index (χ1v) is 26.0. The minimum absolute atomic E-state index is 0.0903. The number of phosphoric acid groups is 1. The molecule has 0 aliphatic rings. The van der Waals surface area contributed by atoms with E-state index in [1.54, 1.807) is 0 Å². The molecule has 0 saturated carbocycles. The predicted molar refractivity (Wildman–Crippen MR) is 253 cm³/mol. The molecule has 0 fully saturated rings. The third-order valence-electron chi connectivity index (χ3n) is 10.2. The van der Waals surface area contributed by atoms with Crippen LogP contribution in [-0.4, -0.2) is 123 Å². The second kappa shape index (κ2) is 44.7. The van der Waals surface area contributed by atoms with Crippen LogP contribution < -0.4 is 9.79 Å². The van der Waals surface area contributed by atoms with Gasteiger partial charge in [0.2, 0.25) is 0 Å². The quantitative estimate of drug-likeness (QED) is 0.0177. The van der Waals surface area contributed by atoms with Crippen molar-refractivity contribution in [3.05, 3.63) is 24.3 Å². The van der Waals surface area contributed by atoms with Gasteiger partial charge in [0.05, 0.1) is 69.9 Å². The van der Waals surface area contributed by atoms with Crippen molar-refractivity contribution in [1.29, 1.82) is 0 Å². The van der Waals surface area contributed by atoms with Crippen molar-refractivity contribution in [3.8, 4) is 0 Å². The molecule has 0 bridgehead atoms. The molecule has 0 aromatic rings. The van der Waals surface area contributed by atoms with Gasteiger partial charge < -0.3 is 47.9 Å². The number of allylic oxidation sites excluding steroid dienone is 4. The van der Waals surface area contributed by atoms with Gasteiger partial charge in [-0.25, -0.2) is 0 Å². The number of aliphatic hydroxyl groups is 3. The summed E-state index contributed by atoms with van der Waals surface area (Å²) >= 11 is 0. The van der Waals surface area contributed by atoms with Crippen LogP contribution in [0, 0.1) is 0 Å². The first kappa shape index (κ1) is 64.8. The fourth-order valence-electron chi connectivity index (χ4n) is 6.27. The second-order valence-electron chi connectivity index (χ2n) is 18.8. The molecule has 0 aromatic heterocycles. The van der Waals surface area contributed by atoms with Crippen molar-refractivity contribution in [2.45, 2.75) is 206 Å². The summed E-state index contributed by atoms with van der Waals surface area (Å²) in [5.41, 5.74) is 0. The van der Waals surface area contributed by atoms with E-state index in [9.17, 15) is 29.0 Å². The molecule has 12 nitrogen and oxygen atoms in total. The van der Waals surface area contributed by atoms with Gasteiger partial charge in [0.15, 0.2) is 11.9 Å². The number of carbonyl (C=O) groups is 2. The average Bonchev–Trinajstić information content (AvgIpc) is 3.18. The topological polar surface area (TPSA) is 176 Å². The van der Waals surface area contributed by atoms with Crippen LogP contribution >= 0.6 is 7.82 Å². The Morgan fingerprint density at radius 1 is 0.548 bits per heavy atom. The number of rotatable bonds is 40. The number of aliphatic hydroxyl groups excluding tert-OH is 3. The van der Waals surface area contributed by atoms with Gasteiger partial charge in [0, 0.05) is 12.8 Å². The maximum Gasteiger partial charge on any atom is 0.306 e. The Hall–Kier alpha value is -1.47. The van der Waals surface area contributed by atoms with Gasteiger partial charge in [-0.3, -0.25) is 9.59 Å². The molecule has 0 saturated heterocycles. The molecule has 0 heterocycles. The number of unbranched alkanes of at least 4 members (excludes halogenated alkanes) is 22. The number of likely N-dealkylation sites (N-methyl/N-ethyl adjacent to an activating group) is 2. The van der Waals surface area contributed by atoms with Gasteiger partial charge in [0.25, 0.3) is 0 Å². The van der Waals surface area contributed by atoms with E-state index in [2.05, 4.69) is 85.0 Å². The smallest absolute Gasteiger partial charge is 0.306 e. The zero-order valence-corrected chi connectivity index (χ0v) is 42.2. The number of ether oxygens (including phenoxy) is 1. The largest absolute Gasteiger partial charge is 0.790 e. The monoisotopic (exact) mass is 907 g/mol. The number of phosphoric ester groups is 1. The van der Waals surface area contributed by atoms with Gasteiger partial charge in [0.1, 0.15) is 19.2 Å². The van der Waals surface area contributed by atoms with Gasteiger partial charge in [-0.15, -0.1) is 0 Å². The Kier molecular flexibility index (Phi) is 46.7. The van der Waals surface area contributed by atoms with Crippen LogP contribution in [0.5, 0.6) is 0 Å². The molecule has 0 spiro atoms. The molecular formula is C49H99N2O10P. The molecule has 0 radical (unpaired) electrons. The van der Waals surface area contributed by atoms with E-state index < -0.39 is 38.4 Å². The average molecular weight is 907 g/mol. The first-order valence-electron chi connectivity index (χ1n) is 24.5. The lowest BCUT2D eigenvalue weighted by molar-refractivity contribution is -0.870. The summed E-state index contributed by atoms with van der Waals surface area (Å²) in [6.45, 7) is 5.78. The van der Waals surface area contributed by atoms with Crippen molar-refractivity contribution in [1.82, 2.24) is 0 Å². The third kappa shape index (κ3) is 56.5. The van der Waals surface area contributed by atoms with Crippen LogP contribution in [0.3, 0.4) is 0 Å². The molecule has 13 heteroatoms. The Labute approximate surface area is 381 Å². The van der Waals surface area contributed by atoms with Crippen molar-refractivity contribution in [2.24, 2.45) is 0 Å². The third-order valence-corrected chi connectivity index (χ3v) is 10.7. The highest BCUT2D eigenvalue weighted by Crippen LogP contribution is 2.25. The lowest BCUT2D eigenvalue weighted by Crippen LogP contribution is -2.41. The molecule has 0 aromatic carbocycles. The minimum Gasteiger partial charge on any atom is -0.790 e. The van der Waals surface area contributed by atoms with Crippen LogP contribution in [0.15, 0.2) is 24.3 Å². The summed E-state index contributed by atoms with van der Waals surface area (Å²) in [5.74, 6) is -1.12. The number of esters is 1. The molecule has 3 N–H and O–H groups in total. The molecule has 2 atom stereocenters. The highest BCUT2D eigenvalue weighted by molar-refractivity contribution is 7.43. The van der Waals surface area contributed by atoms with E-state index in [-0.39, 0.29) is 26.1 Å². The van der Waals surface area contributed by atoms with Gasteiger partial charge in [-0.2, -0.15) is 0 Å². The predicted octanol–water partition coefficient (Wildman–Crippen LogP) is 9.12. The number of carbonyl (C=O) groups excluding carboxylic acids is 2. The van der Waals surface area contributed by atoms with Crippen LogP contribution in [-0.2, 0) is 23.4 Å². The van der Waals surface area contributed by atoms with E-state index in [4.69, 9.17) is 14.9 Å². The zero-order valence-electron chi connectivity index (χ0n) is 41.3. The number of hydrogen-bond donors (Lipinski definition) is 3. The van der Waals surface area contributed by atoms with Crippen molar-refractivity contribution >= 4 is 19.6 Å². The SMILES string of the molecule is CCCCCCCC/C=C\CCCCCCCC(=O)OC(C(=O)CCCCCCC/C=C\CCCCCCCC)C(O)COP(=O)([O-])[O-].C[N+](C)(C)CCO.C[N+](C)(C)CCO. The van der Waals surface area contributed by atoms with E-state index in [1.165, 1.54) is 77.0 Å². The fraction of sp³-hybridized carbons (Fsp3) is 0.878. The highest BCUT2D eigenvalue weighted by atomic mass is 31.2. The van der Waals surface area contributed by atoms with Crippen molar-refractivity contribution < 1.29 is 57.5 Å². The summed E-state index contributed by atoms with van der Waals surface area (Å²) < 4.78 is 22.0. The van der Waals surface area contributed by atoms with E-state index in [0.717, 1.165) is 99.1 Å². The second-order valence-corrected chi connectivity index (χ2v) is 20.0. The summed E-state index contributed by atoms with van der Waals surface area (Å²) in [6.07, 6.45) is 35.4. The van der Waals surface area contributed by atoms with Gasteiger partial charge in [-0.05, 0) is 64.2 Å². The number of nitrogens with zero attached hydrogens (tertiary/aromatic N) is 2. The number of ketones is 1. The number of quaternary nitrogens is 2. The molecule has 0 aliphatic carbocycles. The van der Waals surface area contributed by atoms with E-state index in [1.807, 2.05) is 0 Å². The minimum atomic E-state index is -5.34. The molecule has 2 unspecified atom stereocenters. The summed E-state index contributed by atoms with van der Waals surface area (Å²) in [6, 6.07) is 0. The summed E-state index contributed by atoms with van der Waals surface area (Å²) in [4.78, 5) is 47.1. The summed E-state index contributed by atoms with van der Waals surface area (Å²) in [5, 5.41) is 27.2. The normalized spacial score (nSPS) is 13.1. The molecular weight excluding hydrogens is 808 g/mol. The van der Waals surface area contributed by atoms with Crippen molar-refractivity contribution in [3.63, 3.8) is 0 Å². The van der Waals surface area contributed by atoms with Gasteiger partial charge in [-0.1, -0.05) is 141 Å². The Morgan fingerprint density at radius 3 is 1.18 bits per heavy atom. The van der Waals surface area contributed by atoms with Gasteiger partial charge >= 0.3 is 5.97 Å². The van der Waals surface area contributed by atoms with E-state index in [0.29, 0.717) is 12.8 Å².